The summed E-state index contributed by atoms with van der Waals surface area (Å²) < 4.78 is 31.9. The number of nitrogens with zero attached hydrogens (tertiary/aromatic N) is 3. The Bertz CT molecular complexity index is 916. The van der Waals surface area contributed by atoms with Gasteiger partial charge in [0.15, 0.2) is 0 Å². The van der Waals surface area contributed by atoms with Crippen LogP contribution in [0.5, 0.6) is 0 Å². The fraction of sp³-hybridized carbons (Fsp3) is 0.412. The molecule has 9 heteroatoms. The van der Waals surface area contributed by atoms with Gasteiger partial charge in [-0.3, -0.25) is 4.79 Å². The number of hydrogen-bond donors (Lipinski definition) is 0. The zero-order valence-electron chi connectivity index (χ0n) is 14.8. The lowest BCUT2D eigenvalue weighted by Gasteiger charge is -2.40. The number of carbonyl (C=O) groups excluding carboxylic acids is 1. The molecule has 0 saturated carbocycles. The summed E-state index contributed by atoms with van der Waals surface area (Å²) in [5, 5.41) is 3.70. The molecule has 1 saturated heterocycles. The maximum Gasteiger partial charge on any atom is 0.253 e. The molecular formula is C17H20ClN3O4S. The molecule has 0 radical (unpaired) electrons. The summed E-state index contributed by atoms with van der Waals surface area (Å²) in [6, 6.07) is 6.63. The van der Waals surface area contributed by atoms with Crippen LogP contribution in [0.15, 0.2) is 28.8 Å². The number of likely N-dealkylation sites (tertiary alicyclic amines) is 1. The Morgan fingerprint density at radius 2 is 2.08 bits per heavy atom. The number of amides is 1. The average molecular weight is 398 g/mol. The van der Waals surface area contributed by atoms with Crippen molar-refractivity contribution in [3.05, 3.63) is 51.9 Å². The van der Waals surface area contributed by atoms with Crippen LogP contribution >= 0.6 is 11.6 Å². The Hall–Kier alpha value is -1.90. The molecule has 7 nitrogen and oxygen atoms in total. The molecule has 0 bridgehead atoms. The van der Waals surface area contributed by atoms with Gasteiger partial charge in [0.2, 0.25) is 10.0 Å². The molecule has 0 N–H and O–H groups in total. The molecule has 1 aromatic heterocycles. The van der Waals surface area contributed by atoms with Crippen molar-refractivity contribution in [3.63, 3.8) is 0 Å². The molecule has 1 aliphatic heterocycles. The van der Waals surface area contributed by atoms with E-state index in [0.717, 1.165) is 5.56 Å². The summed E-state index contributed by atoms with van der Waals surface area (Å²) in [5.41, 5.74) is 1.90. The summed E-state index contributed by atoms with van der Waals surface area (Å²) in [4.78, 5) is 13.9. The predicted molar refractivity (Wildman–Crippen MR) is 97.5 cm³/mol. The van der Waals surface area contributed by atoms with Gasteiger partial charge in [0, 0.05) is 42.8 Å². The normalized spacial score (nSPS) is 15.3. The highest BCUT2D eigenvalue weighted by Gasteiger charge is 2.42. The highest BCUT2D eigenvalue weighted by Crippen LogP contribution is 2.24. The Morgan fingerprint density at radius 3 is 2.65 bits per heavy atom. The van der Waals surface area contributed by atoms with Gasteiger partial charge >= 0.3 is 0 Å². The Kier molecular flexibility index (Phi) is 5.09. The number of carbonyl (C=O) groups is 1. The van der Waals surface area contributed by atoms with Crippen LogP contribution in [0.1, 0.15) is 27.4 Å². The minimum Gasteiger partial charge on any atom is -0.361 e. The highest BCUT2D eigenvalue weighted by molar-refractivity contribution is 7.89. The third-order valence-corrected chi connectivity index (χ3v) is 7.00. The summed E-state index contributed by atoms with van der Waals surface area (Å²) in [7, 11) is -1.99. The van der Waals surface area contributed by atoms with Crippen molar-refractivity contribution in [1.29, 1.82) is 0 Å². The molecule has 3 rings (SSSR count). The first-order valence-corrected chi connectivity index (χ1v) is 10.00. The van der Waals surface area contributed by atoms with Gasteiger partial charge in [-0.1, -0.05) is 22.8 Å². The van der Waals surface area contributed by atoms with Crippen molar-refractivity contribution in [2.75, 3.05) is 20.1 Å². The van der Waals surface area contributed by atoms with Crippen LogP contribution in [-0.2, 0) is 16.6 Å². The first-order chi connectivity index (χ1) is 12.2. The second-order valence-corrected chi connectivity index (χ2v) is 9.20. The van der Waals surface area contributed by atoms with Crippen molar-refractivity contribution in [1.82, 2.24) is 14.4 Å². The van der Waals surface area contributed by atoms with Gasteiger partial charge in [0.25, 0.3) is 5.91 Å². The Morgan fingerprint density at radius 1 is 1.38 bits per heavy atom. The van der Waals surface area contributed by atoms with Crippen LogP contribution in [0, 0.1) is 13.8 Å². The molecule has 0 aliphatic carbocycles. The first-order valence-electron chi connectivity index (χ1n) is 8.12. The molecule has 0 spiro atoms. The predicted octanol–water partition coefficient (Wildman–Crippen LogP) is 2.23. The van der Waals surface area contributed by atoms with Crippen LogP contribution in [0.4, 0.5) is 0 Å². The van der Waals surface area contributed by atoms with Crippen LogP contribution in [0.3, 0.4) is 0 Å². The number of benzene rings is 1. The van der Waals surface area contributed by atoms with E-state index < -0.39 is 15.3 Å². The van der Waals surface area contributed by atoms with Gasteiger partial charge in [-0.05, 0) is 32.0 Å². The zero-order valence-corrected chi connectivity index (χ0v) is 16.3. The van der Waals surface area contributed by atoms with Gasteiger partial charge in [-0.2, -0.15) is 0 Å². The summed E-state index contributed by atoms with van der Waals surface area (Å²) in [6.07, 6.45) is 0. The maximum absolute atomic E-state index is 12.7. The fourth-order valence-electron chi connectivity index (χ4n) is 2.89. The number of halogens is 1. The second-order valence-electron chi connectivity index (χ2n) is 6.45. The van der Waals surface area contributed by atoms with E-state index in [1.165, 1.54) is 16.3 Å². The van der Waals surface area contributed by atoms with E-state index in [0.29, 0.717) is 22.0 Å². The molecule has 1 aliphatic rings. The molecule has 1 aromatic carbocycles. The minimum absolute atomic E-state index is 0.166. The Labute approximate surface area is 157 Å². The molecule has 2 heterocycles. The van der Waals surface area contributed by atoms with E-state index in [-0.39, 0.29) is 25.5 Å². The number of hydrogen-bond acceptors (Lipinski definition) is 5. The lowest BCUT2D eigenvalue weighted by atomic mass is 10.1. The molecule has 140 valence electrons. The summed E-state index contributed by atoms with van der Waals surface area (Å²) >= 11 is 5.90. The van der Waals surface area contributed by atoms with Crippen molar-refractivity contribution >= 4 is 27.5 Å². The summed E-state index contributed by atoms with van der Waals surface area (Å²) in [5.74, 6) is 0.392. The zero-order chi connectivity index (χ0) is 19.1. The smallest absolute Gasteiger partial charge is 0.253 e. The topological polar surface area (TPSA) is 83.7 Å². The van der Waals surface area contributed by atoms with Crippen molar-refractivity contribution in [2.24, 2.45) is 0 Å². The number of aromatic nitrogens is 1. The number of rotatable bonds is 5. The van der Waals surface area contributed by atoms with Crippen LogP contribution < -0.4 is 0 Å². The lowest BCUT2D eigenvalue weighted by Crippen LogP contribution is -2.59. The van der Waals surface area contributed by atoms with Crippen LogP contribution in [0.25, 0.3) is 0 Å². The number of aryl methyl sites for hydroxylation is 2. The number of sulfonamides is 1. The minimum atomic E-state index is -3.52. The third-order valence-electron chi connectivity index (χ3n) is 4.62. The van der Waals surface area contributed by atoms with E-state index in [9.17, 15) is 13.2 Å². The quantitative estimate of drug-likeness (QED) is 0.772. The van der Waals surface area contributed by atoms with Crippen molar-refractivity contribution < 1.29 is 17.7 Å². The highest BCUT2D eigenvalue weighted by atomic mass is 35.5. The molecule has 0 atom stereocenters. The Balaban J connectivity index is 1.64. The van der Waals surface area contributed by atoms with Gasteiger partial charge in [-0.25, -0.2) is 12.7 Å². The fourth-order valence-corrected chi connectivity index (χ4v) is 4.64. The van der Waals surface area contributed by atoms with E-state index in [2.05, 4.69) is 5.16 Å². The third kappa shape index (κ3) is 3.49. The molecule has 26 heavy (non-hydrogen) atoms. The van der Waals surface area contributed by atoms with Crippen molar-refractivity contribution in [2.45, 2.75) is 25.6 Å². The van der Waals surface area contributed by atoms with E-state index >= 15 is 0 Å². The first kappa shape index (κ1) is 18.9. The average Bonchev–Trinajstić information content (AvgIpc) is 2.85. The van der Waals surface area contributed by atoms with Crippen LogP contribution in [0.2, 0.25) is 5.02 Å². The van der Waals surface area contributed by atoms with Gasteiger partial charge in [-0.15, -0.1) is 0 Å². The van der Waals surface area contributed by atoms with Crippen LogP contribution in [-0.4, -0.2) is 54.1 Å². The maximum atomic E-state index is 12.7. The largest absolute Gasteiger partial charge is 0.361 e. The van der Waals surface area contributed by atoms with E-state index in [4.69, 9.17) is 16.1 Å². The lowest BCUT2D eigenvalue weighted by molar-refractivity contribution is 0.0655. The molecule has 1 amide bonds. The second kappa shape index (κ2) is 7.02. The monoisotopic (exact) mass is 397 g/mol. The van der Waals surface area contributed by atoms with E-state index in [1.807, 2.05) is 0 Å². The van der Waals surface area contributed by atoms with Gasteiger partial charge < -0.3 is 9.42 Å². The van der Waals surface area contributed by atoms with Gasteiger partial charge in [0.1, 0.15) is 11.0 Å². The van der Waals surface area contributed by atoms with Crippen molar-refractivity contribution in [3.8, 4) is 0 Å². The molecule has 2 aromatic rings. The summed E-state index contributed by atoms with van der Waals surface area (Å²) in [6.45, 7) is 4.06. The standard InChI is InChI=1S/C17H20ClN3O4S/c1-11-16(12(2)25-19-11)10-20(3)26(23,24)15-8-21(9-15)17(22)13-5-4-6-14(18)7-13/h4-7,15H,8-10H2,1-3H3. The molecular weight excluding hydrogens is 378 g/mol. The van der Waals surface area contributed by atoms with Gasteiger partial charge in [0.05, 0.1) is 5.69 Å². The molecule has 0 unspecified atom stereocenters. The molecule has 1 fully saturated rings. The van der Waals surface area contributed by atoms with E-state index in [1.54, 1.807) is 38.1 Å². The SMILES string of the molecule is Cc1noc(C)c1CN(C)S(=O)(=O)C1CN(C(=O)c2cccc(Cl)c2)C1.